The van der Waals surface area contributed by atoms with Crippen LogP contribution >= 0.6 is 0 Å². The number of nitrogens with one attached hydrogen (secondary N) is 3. The van der Waals surface area contributed by atoms with Gasteiger partial charge in [0.15, 0.2) is 0 Å². The average Bonchev–Trinajstić information content (AvgIpc) is 3.54. The van der Waals surface area contributed by atoms with E-state index in [1.807, 2.05) is 12.2 Å². The number of imidazole rings is 1. The number of carbonyl (C=O) groups is 5. The summed E-state index contributed by atoms with van der Waals surface area (Å²) in [5.74, 6) is -3.21. The Bertz CT molecular complexity index is 1200. The molecule has 0 aliphatic heterocycles. The second-order valence-electron chi connectivity index (χ2n) is 10.4. The fourth-order valence-electron chi connectivity index (χ4n) is 3.90. The zero-order chi connectivity index (χ0) is 33.8. The van der Waals surface area contributed by atoms with Crippen LogP contribution in [-0.2, 0) is 35.1 Å². The molecule has 0 saturated heterocycles. The van der Waals surface area contributed by atoms with Crippen LogP contribution in [0.25, 0.3) is 0 Å². The average molecular weight is 639 g/mol. The molecule has 3 amide bonds. The molecular weight excluding hydrogens is 588 g/mol. The molecule has 0 bridgehead atoms. The number of H-pyrrole nitrogens is 1. The van der Waals surface area contributed by atoms with Crippen molar-refractivity contribution in [3.8, 4) is 0 Å². The molecule has 12 heteroatoms. The van der Waals surface area contributed by atoms with E-state index in [0.717, 1.165) is 32.1 Å². The largest absolute Gasteiger partial charge is 0.392 e. The number of ether oxygens (including phenoxy) is 1. The summed E-state index contributed by atoms with van der Waals surface area (Å²) in [4.78, 5) is 67.1. The summed E-state index contributed by atoms with van der Waals surface area (Å²) in [6.45, 7) is 2.08. The van der Waals surface area contributed by atoms with Gasteiger partial charge in [0.25, 0.3) is 0 Å². The Morgan fingerprint density at radius 2 is 1.50 bits per heavy atom. The number of nitrogens with zero attached hydrogens (tertiary/aromatic N) is 1. The number of rotatable bonds is 24. The first-order valence-electron chi connectivity index (χ1n) is 15.8. The van der Waals surface area contributed by atoms with E-state index in [9.17, 15) is 24.0 Å². The van der Waals surface area contributed by atoms with Gasteiger partial charge in [-0.3, -0.25) is 19.2 Å². The highest BCUT2D eigenvalue weighted by molar-refractivity contribution is 5.91. The number of unbranched alkanes of at least 4 members (excludes halogenated alkanes) is 1. The van der Waals surface area contributed by atoms with Crippen LogP contribution in [0.5, 0.6) is 0 Å². The molecule has 0 saturated carbocycles. The van der Waals surface area contributed by atoms with Gasteiger partial charge in [0.05, 0.1) is 12.4 Å². The lowest BCUT2D eigenvalue weighted by molar-refractivity contribution is -0.162. The van der Waals surface area contributed by atoms with Crippen LogP contribution < -0.4 is 22.1 Å². The van der Waals surface area contributed by atoms with Gasteiger partial charge in [-0.2, -0.15) is 0 Å². The van der Waals surface area contributed by atoms with Crippen molar-refractivity contribution < 1.29 is 28.7 Å². The number of primary amides is 1. The maximum absolute atomic E-state index is 12.7. The summed E-state index contributed by atoms with van der Waals surface area (Å²) < 4.78 is 5.01. The van der Waals surface area contributed by atoms with Gasteiger partial charge in [-0.1, -0.05) is 67.7 Å². The molecule has 0 radical (unpaired) electrons. The summed E-state index contributed by atoms with van der Waals surface area (Å²) in [6, 6.07) is -2.08. The molecule has 1 aromatic rings. The molecule has 1 rings (SSSR count). The Morgan fingerprint density at radius 1 is 0.891 bits per heavy atom. The van der Waals surface area contributed by atoms with E-state index in [4.69, 9.17) is 16.2 Å². The minimum atomic E-state index is -1.14. The number of hydrogen-bond acceptors (Lipinski definition) is 8. The van der Waals surface area contributed by atoms with E-state index in [-0.39, 0.29) is 38.6 Å². The van der Waals surface area contributed by atoms with Gasteiger partial charge in [-0.25, -0.2) is 9.78 Å². The number of hydrogen-bond donors (Lipinski definition) is 5. The number of nitrogens with two attached hydrogens (primary N) is 2. The highest BCUT2D eigenvalue weighted by Gasteiger charge is 2.25. The van der Waals surface area contributed by atoms with E-state index >= 15 is 0 Å². The number of aromatic nitrogens is 2. The molecule has 1 heterocycles. The molecule has 0 fully saturated rings. The molecule has 12 nitrogen and oxygen atoms in total. The van der Waals surface area contributed by atoms with Gasteiger partial charge in [0.1, 0.15) is 6.04 Å². The van der Waals surface area contributed by atoms with E-state index < -0.39 is 41.7 Å². The minimum Gasteiger partial charge on any atom is -0.392 e. The van der Waals surface area contributed by atoms with Crippen LogP contribution in [0.2, 0.25) is 0 Å². The molecule has 1 unspecified atom stereocenters. The fourth-order valence-corrected chi connectivity index (χ4v) is 3.90. The van der Waals surface area contributed by atoms with Crippen molar-refractivity contribution in [2.45, 2.75) is 96.1 Å². The quantitative estimate of drug-likeness (QED) is 0.0490. The van der Waals surface area contributed by atoms with Gasteiger partial charge >= 0.3 is 11.9 Å². The molecule has 0 spiro atoms. The zero-order valence-electron chi connectivity index (χ0n) is 26.8. The van der Waals surface area contributed by atoms with Gasteiger partial charge in [-0.05, 0) is 51.4 Å². The van der Waals surface area contributed by atoms with Crippen LogP contribution in [0.15, 0.2) is 73.3 Å². The Morgan fingerprint density at radius 3 is 2.07 bits per heavy atom. The van der Waals surface area contributed by atoms with Crippen LogP contribution in [0.4, 0.5) is 0 Å². The molecule has 0 aromatic carbocycles. The molecule has 2 atom stereocenters. The summed E-state index contributed by atoms with van der Waals surface area (Å²) in [6.07, 6.45) is 29.9. The first kappa shape index (κ1) is 39.4. The topological polar surface area (TPSA) is 199 Å². The van der Waals surface area contributed by atoms with Crippen LogP contribution in [-0.4, -0.2) is 58.3 Å². The first-order chi connectivity index (χ1) is 22.2. The summed E-state index contributed by atoms with van der Waals surface area (Å²) in [5, 5.41) is 5.05. The normalized spacial score (nSPS) is 13.2. The number of carbonyl (C=O) groups excluding carboxylic acids is 5. The zero-order valence-corrected chi connectivity index (χ0v) is 26.8. The highest BCUT2D eigenvalue weighted by atomic mass is 16.6. The monoisotopic (exact) mass is 638 g/mol. The highest BCUT2D eigenvalue weighted by Crippen LogP contribution is 2.06. The second-order valence-corrected chi connectivity index (χ2v) is 10.4. The molecule has 252 valence electrons. The van der Waals surface area contributed by atoms with Crippen molar-refractivity contribution in [2.24, 2.45) is 11.5 Å². The molecule has 46 heavy (non-hydrogen) atoms. The number of allylic oxidation sites excluding steroid dienone is 10. The fraction of sp³-hybridized carbons (Fsp3) is 0.471. The van der Waals surface area contributed by atoms with Crippen molar-refractivity contribution in [1.82, 2.24) is 20.6 Å². The summed E-state index contributed by atoms with van der Waals surface area (Å²) in [5.41, 5.74) is 11.3. The van der Waals surface area contributed by atoms with E-state index in [2.05, 4.69) is 76.1 Å². The van der Waals surface area contributed by atoms with Gasteiger partial charge in [0.2, 0.25) is 17.7 Å². The van der Waals surface area contributed by atoms with Crippen LogP contribution in [0, 0.1) is 0 Å². The third kappa shape index (κ3) is 21.2. The lowest BCUT2D eigenvalue weighted by Crippen LogP contribution is -2.46. The molecule has 1 aromatic heterocycles. The lowest BCUT2D eigenvalue weighted by Gasteiger charge is -2.17. The van der Waals surface area contributed by atoms with Gasteiger partial charge < -0.3 is 31.8 Å². The third-order valence-electron chi connectivity index (χ3n) is 6.41. The number of amides is 3. The Hall–Kier alpha value is -4.58. The maximum atomic E-state index is 12.7. The molecular formula is C34H50N6O6. The van der Waals surface area contributed by atoms with E-state index in [0.29, 0.717) is 18.5 Å². The summed E-state index contributed by atoms with van der Waals surface area (Å²) in [7, 11) is 0. The molecule has 0 aliphatic carbocycles. The second kappa shape index (κ2) is 25.7. The number of aromatic amines is 1. The van der Waals surface area contributed by atoms with Crippen LogP contribution in [0.1, 0.15) is 83.2 Å². The SMILES string of the molecule is CC/C=C/C/C=C\C/C=C\C/C=C\C/C=C\CCCC(=O)OC(=O)[C@H](Cc1cnc[nH]1)NC(=O)CCNC(=O)C(N)CCC(N)=O. The van der Waals surface area contributed by atoms with E-state index in [1.165, 1.54) is 12.5 Å². The minimum absolute atomic E-state index is 0.0300. The van der Waals surface area contributed by atoms with Crippen molar-refractivity contribution >= 4 is 29.7 Å². The maximum Gasteiger partial charge on any atom is 0.336 e. The first-order valence-corrected chi connectivity index (χ1v) is 15.8. The Kier molecular flexibility index (Phi) is 22.1. The van der Waals surface area contributed by atoms with Gasteiger partial charge in [-0.15, -0.1) is 0 Å². The van der Waals surface area contributed by atoms with Crippen molar-refractivity contribution in [2.75, 3.05) is 6.54 Å². The van der Waals surface area contributed by atoms with E-state index in [1.54, 1.807) is 0 Å². The predicted molar refractivity (Wildman–Crippen MR) is 178 cm³/mol. The Labute approximate surface area is 271 Å². The summed E-state index contributed by atoms with van der Waals surface area (Å²) >= 11 is 0. The molecule has 0 aliphatic rings. The van der Waals surface area contributed by atoms with Crippen molar-refractivity contribution in [1.29, 1.82) is 0 Å². The third-order valence-corrected chi connectivity index (χ3v) is 6.41. The predicted octanol–water partition coefficient (Wildman–Crippen LogP) is 3.53. The Balaban J connectivity index is 2.35. The van der Waals surface area contributed by atoms with Crippen molar-refractivity contribution in [3.05, 3.63) is 79.0 Å². The lowest BCUT2D eigenvalue weighted by atomic mass is 10.1. The van der Waals surface area contributed by atoms with Crippen LogP contribution in [0.3, 0.4) is 0 Å². The standard InChI is InChI=1S/C34H50N6O6/c1-2-3-4-5-6-7-8-9-10-11-12-13-14-15-16-17-18-19-32(43)46-34(45)29(24-27-25-37-26-39-27)40-31(42)22-23-38-33(44)28(35)20-21-30(36)41/h3-4,6-7,9-10,12-13,15-16,25-26,28-29H,2,5,8,11,14,17-24,35H2,1H3,(H2,36,41)(H,37,39)(H,38,44)(H,40,42)/b4-3+,7-6-,10-9-,13-12-,16-15-/t28?,29-/m0/s1. The number of esters is 2. The smallest absolute Gasteiger partial charge is 0.336 e. The molecule has 7 N–H and O–H groups in total. The van der Waals surface area contributed by atoms with Crippen molar-refractivity contribution in [3.63, 3.8) is 0 Å². The van der Waals surface area contributed by atoms with Gasteiger partial charge in [0, 0.05) is 44.1 Å².